The fraction of sp³-hybridized carbons (Fsp3) is 0.111. The summed E-state index contributed by atoms with van der Waals surface area (Å²) in [6, 6.07) is 26.0. The minimum atomic E-state index is -0.335. The van der Waals surface area contributed by atoms with E-state index >= 15 is 0 Å². The summed E-state index contributed by atoms with van der Waals surface area (Å²) in [5, 5.41) is 19.4. The first kappa shape index (κ1) is 25.3. The number of nitrogens with zero attached hydrogens (tertiary/aromatic N) is 4. The molecule has 4 rings (SSSR count). The molecule has 0 heterocycles. The van der Waals surface area contributed by atoms with Gasteiger partial charge in [0.15, 0.2) is 0 Å². The summed E-state index contributed by atoms with van der Waals surface area (Å²) in [5.41, 5.74) is 4.24. The molecule has 0 aliphatic rings. The van der Waals surface area contributed by atoms with E-state index in [-0.39, 0.29) is 5.41 Å². The maximum absolute atomic E-state index is 6.20. The Hall–Kier alpha value is -2.76. The Morgan fingerprint density at radius 1 is 0.514 bits per heavy atom. The number of azo groups is 2. The molecule has 0 saturated heterocycles. The monoisotopic (exact) mass is 540 g/mol. The van der Waals surface area contributed by atoms with Crippen molar-refractivity contribution in [3.63, 3.8) is 0 Å². The van der Waals surface area contributed by atoms with Crippen LogP contribution in [0.25, 0.3) is 0 Å². The smallest absolute Gasteiger partial charge is 0.106 e. The molecule has 0 aliphatic carbocycles. The molecular formula is C27H20Cl4N4. The SMILES string of the molecule is CC(C)(c1cccc(N=Nc2cc(Cl)ccc2Cl)c1)c1cccc(N=Nc2cc(Cl)ccc2Cl)c1. The standard InChI is InChI=1S/C27H20Cl4N4/c1-27(2,17-5-3-7-21(13-17)32-34-25-15-19(28)9-11-23(25)30)18-6-4-8-22(14-18)33-35-26-16-20(29)10-12-24(26)31/h3-16H,1-2H3. The Kier molecular flexibility index (Phi) is 7.88. The van der Waals surface area contributed by atoms with Crippen LogP contribution in [0, 0.1) is 0 Å². The highest BCUT2D eigenvalue weighted by Crippen LogP contribution is 2.36. The number of hydrogen-bond donors (Lipinski definition) is 0. The van der Waals surface area contributed by atoms with Crippen molar-refractivity contribution in [2.45, 2.75) is 19.3 Å². The van der Waals surface area contributed by atoms with E-state index in [4.69, 9.17) is 46.4 Å². The van der Waals surface area contributed by atoms with Gasteiger partial charge in [-0.1, -0.05) is 84.5 Å². The molecule has 176 valence electrons. The van der Waals surface area contributed by atoms with Crippen molar-refractivity contribution in [3.05, 3.63) is 116 Å². The molecule has 0 spiro atoms. The molecular weight excluding hydrogens is 522 g/mol. The van der Waals surface area contributed by atoms with Gasteiger partial charge in [-0.2, -0.15) is 10.2 Å². The molecule has 4 nitrogen and oxygen atoms in total. The first-order valence-electron chi connectivity index (χ1n) is 10.7. The predicted octanol–water partition coefficient (Wildman–Crippen LogP) is 11.5. The van der Waals surface area contributed by atoms with E-state index in [9.17, 15) is 0 Å². The van der Waals surface area contributed by atoms with Gasteiger partial charge in [-0.25, -0.2) is 0 Å². The van der Waals surface area contributed by atoms with Gasteiger partial charge in [0.1, 0.15) is 11.4 Å². The zero-order valence-corrected chi connectivity index (χ0v) is 21.9. The molecule has 0 aliphatic heterocycles. The second-order valence-electron chi connectivity index (χ2n) is 8.32. The molecule has 0 aromatic heterocycles. The van der Waals surface area contributed by atoms with Crippen LogP contribution in [0.3, 0.4) is 0 Å². The van der Waals surface area contributed by atoms with E-state index in [0.29, 0.717) is 42.8 Å². The fourth-order valence-electron chi connectivity index (χ4n) is 3.43. The van der Waals surface area contributed by atoms with Gasteiger partial charge in [-0.15, -0.1) is 10.2 Å². The van der Waals surface area contributed by atoms with Crippen molar-refractivity contribution < 1.29 is 0 Å². The highest BCUT2D eigenvalue weighted by Gasteiger charge is 2.23. The number of rotatable bonds is 6. The largest absolute Gasteiger partial charge is 0.151 e. The van der Waals surface area contributed by atoms with E-state index < -0.39 is 0 Å². The molecule has 0 N–H and O–H groups in total. The number of halogens is 4. The third kappa shape index (κ3) is 6.28. The van der Waals surface area contributed by atoms with Gasteiger partial charge in [0.05, 0.1) is 21.4 Å². The van der Waals surface area contributed by atoms with E-state index in [1.54, 1.807) is 36.4 Å². The van der Waals surface area contributed by atoms with E-state index in [1.165, 1.54) is 0 Å². The van der Waals surface area contributed by atoms with Crippen LogP contribution in [0.5, 0.6) is 0 Å². The van der Waals surface area contributed by atoms with Crippen LogP contribution in [-0.2, 0) is 5.41 Å². The minimum absolute atomic E-state index is 0.335. The van der Waals surface area contributed by atoms with Gasteiger partial charge in [0, 0.05) is 15.5 Å². The lowest BCUT2D eigenvalue weighted by atomic mass is 9.78. The lowest BCUT2D eigenvalue weighted by Crippen LogP contribution is -2.18. The molecule has 4 aromatic carbocycles. The molecule has 4 aromatic rings. The molecule has 0 amide bonds. The van der Waals surface area contributed by atoms with Crippen LogP contribution >= 0.6 is 46.4 Å². The summed E-state index contributed by atoms with van der Waals surface area (Å²) in [6.07, 6.45) is 0. The average Bonchev–Trinajstić information content (AvgIpc) is 2.85. The number of benzene rings is 4. The maximum atomic E-state index is 6.20. The van der Waals surface area contributed by atoms with Crippen LogP contribution in [0.4, 0.5) is 22.7 Å². The van der Waals surface area contributed by atoms with Crippen molar-refractivity contribution in [3.8, 4) is 0 Å². The Labute approximate surface area is 224 Å². The van der Waals surface area contributed by atoms with Crippen molar-refractivity contribution in [1.29, 1.82) is 0 Å². The number of hydrogen-bond acceptors (Lipinski definition) is 4. The third-order valence-corrected chi connectivity index (χ3v) is 6.61. The summed E-state index contributed by atoms with van der Waals surface area (Å²) in [4.78, 5) is 0. The summed E-state index contributed by atoms with van der Waals surface area (Å²) >= 11 is 24.5. The molecule has 0 saturated carbocycles. The van der Waals surface area contributed by atoms with E-state index in [2.05, 4.69) is 46.4 Å². The normalized spacial score (nSPS) is 12.1. The third-order valence-electron chi connectivity index (χ3n) is 5.50. The van der Waals surface area contributed by atoms with Crippen LogP contribution < -0.4 is 0 Å². The molecule has 0 unspecified atom stereocenters. The quantitative estimate of drug-likeness (QED) is 0.218. The summed E-state index contributed by atoms with van der Waals surface area (Å²) in [6.45, 7) is 4.28. The minimum Gasteiger partial charge on any atom is -0.151 e. The highest BCUT2D eigenvalue weighted by molar-refractivity contribution is 6.35. The summed E-state index contributed by atoms with van der Waals surface area (Å²) in [7, 11) is 0. The fourth-order valence-corrected chi connectivity index (χ4v) is 4.07. The van der Waals surface area contributed by atoms with Crippen molar-refractivity contribution in [2.75, 3.05) is 0 Å². The molecule has 0 radical (unpaired) electrons. The maximum Gasteiger partial charge on any atom is 0.106 e. The highest BCUT2D eigenvalue weighted by atomic mass is 35.5. The van der Waals surface area contributed by atoms with Gasteiger partial charge in [-0.05, 0) is 71.8 Å². The Morgan fingerprint density at radius 2 is 0.943 bits per heavy atom. The van der Waals surface area contributed by atoms with Crippen molar-refractivity contribution >= 4 is 69.2 Å². The second kappa shape index (κ2) is 10.9. The Morgan fingerprint density at radius 3 is 1.37 bits per heavy atom. The van der Waals surface area contributed by atoms with Crippen LogP contribution in [0.1, 0.15) is 25.0 Å². The Balaban J connectivity index is 1.60. The first-order chi connectivity index (χ1) is 16.7. The summed E-state index contributed by atoms with van der Waals surface area (Å²) in [5.74, 6) is 0. The van der Waals surface area contributed by atoms with Crippen LogP contribution in [-0.4, -0.2) is 0 Å². The van der Waals surface area contributed by atoms with Crippen LogP contribution in [0.2, 0.25) is 20.1 Å². The topological polar surface area (TPSA) is 49.4 Å². The lowest BCUT2D eigenvalue weighted by Gasteiger charge is -2.26. The van der Waals surface area contributed by atoms with Gasteiger partial charge in [0.2, 0.25) is 0 Å². The molecule has 35 heavy (non-hydrogen) atoms. The molecule has 0 atom stereocenters. The Bertz CT molecular complexity index is 1320. The molecule has 0 fully saturated rings. The first-order valence-corrected chi connectivity index (χ1v) is 12.2. The zero-order chi connectivity index (χ0) is 25.0. The van der Waals surface area contributed by atoms with Gasteiger partial charge < -0.3 is 0 Å². The zero-order valence-electron chi connectivity index (χ0n) is 18.9. The average molecular weight is 542 g/mol. The molecule has 0 bridgehead atoms. The predicted molar refractivity (Wildman–Crippen MR) is 146 cm³/mol. The van der Waals surface area contributed by atoms with E-state index in [0.717, 1.165) is 11.1 Å². The molecule has 8 heteroatoms. The van der Waals surface area contributed by atoms with Gasteiger partial charge in [0.25, 0.3) is 0 Å². The van der Waals surface area contributed by atoms with Crippen LogP contribution in [0.15, 0.2) is 105 Å². The van der Waals surface area contributed by atoms with Gasteiger partial charge in [-0.3, -0.25) is 0 Å². The van der Waals surface area contributed by atoms with E-state index in [1.807, 2.05) is 36.4 Å². The van der Waals surface area contributed by atoms with Crippen molar-refractivity contribution in [2.24, 2.45) is 20.5 Å². The summed E-state index contributed by atoms with van der Waals surface area (Å²) < 4.78 is 0. The second-order valence-corrected chi connectivity index (χ2v) is 10.0. The lowest BCUT2D eigenvalue weighted by molar-refractivity contribution is 0.641. The van der Waals surface area contributed by atoms with Gasteiger partial charge >= 0.3 is 0 Å². The van der Waals surface area contributed by atoms with Crippen molar-refractivity contribution in [1.82, 2.24) is 0 Å².